The van der Waals surface area contributed by atoms with Crippen LogP contribution >= 0.6 is 0 Å². The lowest BCUT2D eigenvalue weighted by Crippen LogP contribution is -2.47. The fraction of sp³-hybridized carbons (Fsp3) is 0.588. The van der Waals surface area contributed by atoms with Crippen molar-refractivity contribution < 1.29 is 4.79 Å². The van der Waals surface area contributed by atoms with E-state index in [-0.39, 0.29) is 5.92 Å². The van der Waals surface area contributed by atoms with Crippen LogP contribution in [0.1, 0.15) is 54.9 Å². The normalized spacial score (nSPS) is 34.9. The largest absolute Gasteiger partial charge is 0.313 e. The molecule has 3 rings (SSSR count). The van der Waals surface area contributed by atoms with Crippen molar-refractivity contribution in [2.24, 2.45) is 11.8 Å². The van der Waals surface area contributed by atoms with Crippen LogP contribution in [-0.4, -0.2) is 18.4 Å². The third kappa shape index (κ3) is 2.34. The molecule has 1 fully saturated rings. The second kappa shape index (κ2) is 5.09. The molecule has 2 aliphatic rings. The summed E-state index contributed by atoms with van der Waals surface area (Å²) in [5, 5.41) is 3.58. The zero-order valence-corrected chi connectivity index (χ0v) is 11.9. The molecule has 4 unspecified atom stereocenters. The molecular weight excluding hydrogens is 234 g/mol. The number of carbonyl (C=O) groups excluding carboxylic acids is 1. The topological polar surface area (TPSA) is 29.1 Å². The number of fused-ring (bicyclic) bond motifs is 1. The molecule has 1 heterocycles. The van der Waals surface area contributed by atoms with Crippen LogP contribution in [0, 0.1) is 11.8 Å². The molecule has 0 saturated carbocycles. The van der Waals surface area contributed by atoms with Crippen molar-refractivity contribution in [3.63, 3.8) is 0 Å². The van der Waals surface area contributed by atoms with Gasteiger partial charge >= 0.3 is 0 Å². The molecule has 1 aliphatic heterocycles. The van der Waals surface area contributed by atoms with Gasteiger partial charge in [-0.15, -0.1) is 0 Å². The summed E-state index contributed by atoms with van der Waals surface area (Å²) >= 11 is 0. The van der Waals surface area contributed by atoms with E-state index in [1.54, 1.807) is 0 Å². The highest BCUT2D eigenvalue weighted by molar-refractivity contribution is 6.01. The van der Waals surface area contributed by atoms with Gasteiger partial charge in [-0.1, -0.05) is 38.1 Å². The number of carbonyl (C=O) groups is 1. The van der Waals surface area contributed by atoms with E-state index in [1.807, 2.05) is 18.2 Å². The second-order valence-corrected chi connectivity index (χ2v) is 6.38. The van der Waals surface area contributed by atoms with E-state index >= 15 is 0 Å². The van der Waals surface area contributed by atoms with Gasteiger partial charge in [0.1, 0.15) is 0 Å². The molecule has 2 nitrogen and oxygen atoms in total. The predicted molar refractivity (Wildman–Crippen MR) is 77.5 cm³/mol. The van der Waals surface area contributed by atoms with Gasteiger partial charge in [-0.2, -0.15) is 0 Å². The van der Waals surface area contributed by atoms with Crippen LogP contribution in [0.3, 0.4) is 0 Å². The summed E-state index contributed by atoms with van der Waals surface area (Å²) in [5.41, 5.74) is 2.21. The highest BCUT2D eigenvalue weighted by atomic mass is 16.1. The van der Waals surface area contributed by atoms with Gasteiger partial charge in [0, 0.05) is 17.5 Å². The number of hydrogen-bond donors (Lipinski definition) is 1. The SMILES string of the molecule is CC1CCNC(C2CC(C)c3ccccc3C2=O)C1. The number of hydrogen-bond acceptors (Lipinski definition) is 2. The second-order valence-electron chi connectivity index (χ2n) is 6.38. The highest BCUT2D eigenvalue weighted by Gasteiger charge is 2.37. The van der Waals surface area contributed by atoms with E-state index in [0.29, 0.717) is 17.7 Å². The van der Waals surface area contributed by atoms with E-state index in [9.17, 15) is 4.79 Å². The third-order valence-electron chi connectivity index (χ3n) is 4.89. The van der Waals surface area contributed by atoms with Crippen LogP contribution in [0.15, 0.2) is 24.3 Å². The molecule has 0 aromatic heterocycles. The Hall–Kier alpha value is -1.15. The Morgan fingerprint density at radius 1 is 1.16 bits per heavy atom. The Kier molecular flexibility index (Phi) is 3.44. The summed E-state index contributed by atoms with van der Waals surface area (Å²) in [7, 11) is 0. The summed E-state index contributed by atoms with van der Waals surface area (Å²) in [6, 6.07) is 8.54. The minimum atomic E-state index is 0.174. The van der Waals surface area contributed by atoms with Crippen molar-refractivity contribution >= 4 is 5.78 Å². The van der Waals surface area contributed by atoms with Crippen LogP contribution in [0.4, 0.5) is 0 Å². The summed E-state index contributed by atoms with van der Waals surface area (Å²) in [4.78, 5) is 12.7. The first-order valence-corrected chi connectivity index (χ1v) is 7.53. The van der Waals surface area contributed by atoms with Gasteiger partial charge in [0.05, 0.1) is 0 Å². The predicted octanol–water partition coefficient (Wildman–Crippen LogP) is 3.38. The maximum atomic E-state index is 12.7. The van der Waals surface area contributed by atoms with Crippen LogP contribution in [0.25, 0.3) is 0 Å². The fourth-order valence-electron chi connectivity index (χ4n) is 3.77. The molecular formula is C17H23NO. The van der Waals surface area contributed by atoms with Crippen molar-refractivity contribution in [1.29, 1.82) is 0 Å². The van der Waals surface area contributed by atoms with E-state index < -0.39 is 0 Å². The molecule has 102 valence electrons. The number of piperidine rings is 1. The molecule has 0 bridgehead atoms. The molecule has 1 aromatic carbocycles. The molecule has 0 radical (unpaired) electrons. The quantitative estimate of drug-likeness (QED) is 0.835. The van der Waals surface area contributed by atoms with Crippen LogP contribution in [0.2, 0.25) is 0 Å². The first-order chi connectivity index (χ1) is 9.16. The van der Waals surface area contributed by atoms with E-state index in [0.717, 1.165) is 30.9 Å². The Labute approximate surface area is 115 Å². The first-order valence-electron chi connectivity index (χ1n) is 7.53. The van der Waals surface area contributed by atoms with Crippen LogP contribution in [-0.2, 0) is 0 Å². The fourth-order valence-corrected chi connectivity index (χ4v) is 3.77. The lowest BCUT2D eigenvalue weighted by atomic mass is 9.71. The summed E-state index contributed by atoms with van der Waals surface area (Å²) < 4.78 is 0. The Balaban J connectivity index is 1.87. The zero-order chi connectivity index (χ0) is 13.4. The van der Waals surface area contributed by atoms with E-state index in [1.165, 1.54) is 12.0 Å². The molecule has 4 atom stereocenters. The lowest BCUT2D eigenvalue weighted by molar-refractivity contribution is 0.0831. The van der Waals surface area contributed by atoms with E-state index in [4.69, 9.17) is 0 Å². The maximum absolute atomic E-state index is 12.7. The van der Waals surface area contributed by atoms with Gasteiger partial charge in [-0.25, -0.2) is 0 Å². The average Bonchev–Trinajstić information content (AvgIpc) is 2.43. The number of nitrogens with one attached hydrogen (secondary N) is 1. The highest BCUT2D eigenvalue weighted by Crippen LogP contribution is 2.37. The van der Waals surface area contributed by atoms with Gasteiger partial charge in [-0.3, -0.25) is 4.79 Å². The molecule has 1 aromatic rings. The average molecular weight is 257 g/mol. The van der Waals surface area contributed by atoms with E-state index in [2.05, 4.69) is 25.2 Å². The number of ketones is 1. The summed E-state index contributed by atoms with van der Waals surface area (Å²) in [6.07, 6.45) is 3.38. The monoisotopic (exact) mass is 257 g/mol. The molecule has 0 spiro atoms. The summed E-state index contributed by atoms with van der Waals surface area (Å²) in [6.45, 7) is 5.62. The van der Waals surface area contributed by atoms with Gasteiger partial charge < -0.3 is 5.32 Å². The van der Waals surface area contributed by atoms with Crippen molar-refractivity contribution in [2.75, 3.05) is 6.54 Å². The summed E-state index contributed by atoms with van der Waals surface area (Å²) in [5.74, 6) is 1.78. The molecule has 0 amide bonds. The smallest absolute Gasteiger partial charge is 0.167 e. The van der Waals surface area contributed by atoms with Crippen molar-refractivity contribution in [3.05, 3.63) is 35.4 Å². The standard InChI is InChI=1S/C17H23NO/c1-11-7-8-18-16(9-11)15-10-12(2)13-5-3-4-6-14(13)17(15)19/h3-6,11-12,15-16,18H,7-10H2,1-2H3. The van der Waals surface area contributed by atoms with Gasteiger partial charge in [0.2, 0.25) is 0 Å². The maximum Gasteiger partial charge on any atom is 0.167 e. The number of Topliss-reactive ketones (excluding diaryl/α,β-unsaturated/α-hetero) is 1. The van der Waals surface area contributed by atoms with Crippen LogP contribution < -0.4 is 5.32 Å². The third-order valence-corrected chi connectivity index (χ3v) is 4.89. The Morgan fingerprint density at radius 2 is 1.95 bits per heavy atom. The minimum Gasteiger partial charge on any atom is -0.313 e. The molecule has 1 aliphatic carbocycles. The zero-order valence-electron chi connectivity index (χ0n) is 11.9. The van der Waals surface area contributed by atoms with Crippen molar-refractivity contribution in [2.45, 2.75) is 45.1 Å². The van der Waals surface area contributed by atoms with Crippen molar-refractivity contribution in [3.8, 4) is 0 Å². The molecule has 19 heavy (non-hydrogen) atoms. The Bertz CT molecular complexity index is 482. The van der Waals surface area contributed by atoms with Gasteiger partial charge in [-0.05, 0) is 43.2 Å². The minimum absolute atomic E-state index is 0.174. The van der Waals surface area contributed by atoms with Gasteiger partial charge in [0.25, 0.3) is 0 Å². The molecule has 2 heteroatoms. The van der Waals surface area contributed by atoms with Crippen LogP contribution in [0.5, 0.6) is 0 Å². The van der Waals surface area contributed by atoms with Crippen molar-refractivity contribution in [1.82, 2.24) is 5.32 Å². The number of rotatable bonds is 1. The lowest BCUT2D eigenvalue weighted by Gasteiger charge is -2.37. The Morgan fingerprint density at radius 3 is 2.74 bits per heavy atom. The first kappa shape index (κ1) is 12.9. The van der Waals surface area contributed by atoms with Gasteiger partial charge in [0.15, 0.2) is 5.78 Å². The number of benzene rings is 1. The molecule has 1 saturated heterocycles. The molecule has 1 N–H and O–H groups in total.